The van der Waals surface area contributed by atoms with Crippen molar-refractivity contribution in [3.05, 3.63) is 53.7 Å². The van der Waals surface area contributed by atoms with Crippen molar-refractivity contribution in [3.63, 3.8) is 0 Å². The summed E-state index contributed by atoms with van der Waals surface area (Å²) >= 11 is 0. The highest BCUT2D eigenvalue weighted by Gasteiger charge is 2.07. The second kappa shape index (κ2) is 13.2. The Hall–Kier alpha value is -2.03. The van der Waals surface area contributed by atoms with Crippen LogP contribution in [-0.4, -0.2) is 38.3 Å². The number of benzene rings is 1. The predicted octanol–water partition coefficient (Wildman–Crippen LogP) is 3.97. The van der Waals surface area contributed by atoms with Gasteiger partial charge in [-0.1, -0.05) is 25.1 Å². The number of rotatable bonds is 9. The number of pyridine rings is 1. The van der Waals surface area contributed by atoms with Gasteiger partial charge in [-0.3, -0.25) is 0 Å². The number of guanidine groups is 1. The largest absolute Gasteiger partial charge is 0.497 e. The average Bonchev–Trinajstić information content (AvgIpc) is 2.72. The first-order valence-corrected chi connectivity index (χ1v) is 9.32. The molecule has 2 N–H and O–H groups in total. The summed E-state index contributed by atoms with van der Waals surface area (Å²) in [5.41, 5.74) is 2.27. The molecular formula is C21H31IN4O2. The first-order valence-electron chi connectivity index (χ1n) is 9.32. The molecule has 0 fully saturated rings. The highest BCUT2D eigenvalue weighted by atomic mass is 127. The molecule has 1 aromatic carbocycles. The van der Waals surface area contributed by atoms with Crippen molar-refractivity contribution < 1.29 is 9.47 Å². The number of aliphatic imine (C=N–C) groups is 1. The summed E-state index contributed by atoms with van der Waals surface area (Å²) in [6, 6.07) is 12.1. The van der Waals surface area contributed by atoms with Gasteiger partial charge in [0.2, 0.25) is 5.88 Å². The number of nitrogens with one attached hydrogen (secondary N) is 2. The number of hydrogen-bond acceptors (Lipinski definition) is 4. The van der Waals surface area contributed by atoms with Crippen LogP contribution >= 0.6 is 24.0 Å². The Balaban J connectivity index is 0.00000392. The van der Waals surface area contributed by atoms with Crippen LogP contribution in [0.3, 0.4) is 0 Å². The molecule has 1 heterocycles. The number of nitrogens with zero attached hydrogens (tertiary/aromatic N) is 2. The Morgan fingerprint density at radius 1 is 1.11 bits per heavy atom. The van der Waals surface area contributed by atoms with Crippen LogP contribution in [0.1, 0.15) is 37.3 Å². The first kappa shape index (κ1) is 24.0. The fraction of sp³-hybridized carbons (Fsp3) is 0.429. The van der Waals surface area contributed by atoms with Crippen molar-refractivity contribution in [1.29, 1.82) is 0 Å². The summed E-state index contributed by atoms with van der Waals surface area (Å²) in [6.07, 6.45) is 2.73. The lowest BCUT2D eigenvalue weighted by molar-refractivity contribution is 0.392. The highest BCUT2D eigenvalue weighted by Crippen LogP contribution is 2.21. The average molecular weight is 498 g/mol. The SMILES string of the molecule is CCNC(=NCc1cccnc1OC)NCCC(C)c1ccc(OC)cc1.I. The van der Waals surface area contributed by atoms with Crippen molar-refractivity contribution in [2.45, 2.75) is 32.7 Å². The summed E-state index contributed by atoms with van der Waals surface area (Å²) in [6.45, 7) is 6.45. The highest BCUT2D eigenvalue weighted by molar-refractivity contribution is 14.0. The molecule has 2 rings (SSSR count). The van der Waals surface area contributed by atoms with Gasteiger partial charge in [0.25, 0.3) is 0 Å². The Morgan fingerprint density at radius 3 is 2.50 bits per heavy atom. The molecular weight excluding hydrogens is 467 g/mol. The van der Waals surface area contributed by atoms with Crippen molar-refractivity contribution in [1.82, 2.24) is 15.6 Å². The van der Waals surface area contributed by atoms with E-state index in [9.17, 15) is 0 Å². The van der Waals surface area contributed by atoms with Crippen LogP contribution < -0.4 is 20.1 Å². The van der Waals surface area contributed by atoms with Crippen LogP contribution in [-0.2, 0) is 6.54 Å². The molecule has 1 atom stereocenters. The molecule has 2 aromatic rings. The van der Waals surface area contributed by atoms with E-state index in [0.29, 0.717) is 18.3 Å². The molecule has 1 unspecified atom stereocenters. The summed E-state index contributed by atoms with van der Waals surface area (Å²) in [5, 5.41) is 6.68. The second-order valence-corrected chi connectivity index (χ2v) is 6.26. The molecule has 0 saturated heterocycles. The Labute approximate surface area is 185 Å². The summed E-state index contributed by atoms with van der Waals surface area (Å²) < 4.78 is 10.5. The Bertz CT molecular complexity index is 723. The van der Waals surface area contributed by atoms with Gasteiger partial charge in [-0.2, -0.15) is 0 Å². The van der Waals surface area contributed by atoms with Crippen molar-refractivity contribution >= 4 is 29.9 Å². The number of ether oxygens (including phenoxy) is 2. The number of halogens is 1. The zero-order valence-corrected chi connectivity index (χ0v) is 19.4. The van der Waals surface area contributed by atoms with Gasteiger partial charge in [-0.05, 0) is 43.0 Å². The van der Waals surface area contributed by atoms with E-state index < -0.39 is 0 Å². The van der Waals surface area contributed by atoms with Crippen LogP contribution in [0, 0.1) is 0 Å². The smallest absolute Gasteiger partial charge is 0.218 e. The van der Waals surface area contributed by atoms with Crippen LogP contribution in [0.4, 0.5) is 0 Å². The van der Waals surface area contributed by atoms with E-state index in [1.54, 1.807) is 20.4 Å². The van der Waals surface area contributed by atoms with Gasteiger partial charge in [0, 0.05) is 24.8 Å². The third-order valence-corrected chi connectivity index (χ3v) is 4.35. The molecule has 0 saturated carbocycles. The minimum atomic E-state index is 0. The fourth-order valence-electron chi connectivity index (χ4n) is 2.74. The van der Waals surface area contributed by atoms with Gasteiger partial charge in [-0.25, -0.2) is 9.98 Å². The third kappa shape index (κ3) is 7.53. The van der Waals surface area contributed by atoms with Crippen molar-refractivity contribution in [2.24, 2.45) is 4.99 Å². The molecule has 0 spiro atoms. The minimum Gasteiger partial charge on any atom is -0.497 e. The first-order chi connectivity index (χ1) is 13.2. The minimum absolute atomic E-state index is 0. The van der Waals surface area contributed by atoms with E-state index in [4.69, 9.17) is 9.47 Å². The maximum Gasteiger partial charge on any atom is 0.218 e. The zero-order chi connectivity index (χ0) is 19.5. The van der Waals surface area contributed by atoms with Gasteiger partial charge in [-0.15, -0.1) is 24.0 Å². The van der Waals surface area contributed by atoms with E-state index in [1.807, 2.05) is 24.3 Å². The van der Waals surface area contributed by atoms with Crippen molar-refractivity contribution in [3.8, 4) is 11.6 Å². The predicted molar refractivity (Wildman–Crippen MR) is 125 cm³/mol. The van der Waals surface area contributed by atoms with Gasteiger partial charge in [0.05, 0.1) is 20.8 Å². The summed E-state index contributed by atoms with van der Waals surface area (Å²) in [7, 11) is 3.31. The van der Waals surface area contributed by atoms with Crippen LogP contribution in [0.25, 0.3) is 0 Å². The van der Waals surface area contributed by atoms with Crippen LogP contribution in [0.2, 0.25) is 0 Å². The standard InChI is InChI=1S/C21H30N4O2.HI/c1-5-22-21(25-15-18-7-6-13-23-20(18)27-4)24-14-12-16(2)17-8-10-19(26-3)11-9-17;/h6-11,13,16H,5,12,14-15H2,1-4H3,(H2,22,24,25);1H. The molecule has 0 amide bonds. The van der Waals surface area contributed by atoms with Crippen molar-refractivity contribution in [2.75, 3.05) is 27.3 Å². The molecule has 0 bridgehead atoms. The summed E-state index contributed by atoms with van der Waals surface area (Å²) in [4.78, 5) is 8.85. The Morgan fingerprint density at radius 2 is 1.86 bits per heavy atom. The lowest BCUT2D eigenvalue weighted by Crippen LogP contribution is -2.38. The van der Waals surface area contributed by atoms with E-state index in [2.05, 4.69) is 46.6 Å². The number of methoxy groups -OCH3 is 2. The molecule has 0 aliphatic heterocycles. The van der Waals surface area contributed by atoms with E-state index >= 15 is 0 Å². The van der Waals surface area contributed by atoms with Crippen LogP contribution in [0.5, 0.6) is 11.6 Å². The fourth-order valence-corrected chi connectivity index (χ4v) is 2.74. The third-order valence-electron chi connectivity index (χ3n) is 4.35. The molecule has 7 heteroatoms. The second-order valence-electron chi connectivity index (χ2n) is 6.26. The zero-order valence-electron chi connectivity index (χ0n) is 17.1. The van der Waals surface area contributed by atoms with Gasteiger partial charge < -0.3 is 20.1 Å². The maximum atomic E-state index is 5.29. The lowest BCUT2D eigenvalue weighted by Gasteiger charge is -2.15. The number of hydrogen-bond donors (Lipinski definition) is 2. The molecule has 1 aromatic heterocycles. The Kier molecular flexibility index (Phi) is 11.3. The summed E-state index contributed by atoms with van der Waals surface area (Å²) in [5.74, 6) is 2.75. The molecule has 28 heavy (non-hydrogen) atoms. The molecule has 0 aliphatic rings. The molecule has 0 radical (unpaired) electrons. The van der Waals surface area contributed by atoms with Gasteiger partial charge in [0.1, 0.15) is 5.75 Å². The quantitative estimate of drug-likeness (QED) is 0.311. The molecule has 6 nitrogen and oxygen atoms in total. The lowest BCUT2D eigenvalue weighted by atomic mass is 9.98. The normalized spacial score (nSPS) is 11.9. The van der Waals surface area contributed by atoms with Gasteiger partial charge >= 0.3 is 0 Å². The topological polar surface area (TPSA) is 67.8 Å². The molecule has 0 aliphatic carbocycles. The maximum absolute atomic E-state index is 5.29. The van der Waals surface area contributed by atoms with E-state index in [1.165, 1.54) is 5.56 Å². The van der Waals surface area contributed by atoms with Crippen LogP contribution in [0.15, 0.2) is 47.6 Å². The monoisotopic (exact) mass is 498 g/mol. The van der Waals surface area contributed by atoms with Gasteiger partial charge in [0.15, 0.2) is 5.96 Å². The molecule has 154 valence electrons. The van der Waals surface area contributed by atoms with E-state index in [0.717, 1.165) is 36.8 Å². The number of aromatic nitrogens is 1. The van der Waals surface area contributed by atoms with E-state index in [-0.39, 0.29) is 24.0 Å².